The molecule has 3 aromatic rings. The number of benzene rings is 2. The van der Waals surface area contributed by atoms with E-state index < -0.39 is 0 Å². The zero-order chi connectivity index (χ0) is 19.0. The fourth-order valence-electron chi connectivity index (χ4n) is 3.21. The van der Waals surface area contributed by atoms with Crippen molar-refractivity contribution in [3.63, 3.8) is 0 Å². The molecule has 1 aliphatic heterocycles. The van der Waals surface area contributed by atoms with Gasteiger partial charge in [0, 0.05) is 26.2 Å². The predicted molar refractivity (Wildman–Crippen MR) is 113 cm³/mol. The molecule has 2 heterocycles. The second-order valence-electron chi connectivity index (χ2n) is 6.73. The lowest BCUT2D eigenvalue weighted by molar-refractivity contribution is 0.208. The fraction of sp³-hybridized carbons (Fsp3) is 0.300. The van der Waals surface area contributed by atoms with Gasteiger partial charge in [-0.15, -0.1) is 0 Å². The van der Waals surface area contributed by atoms with E-state index in [0.717, 1.165) is 23.7 Å². The van der Waals surface area contributed by atoms with Gasteiger partial charge in [0.2, 0.25) is 0 Å². The average Bonchev–Trinajstić information content (AvgIpc) is 3.12. The van der Waals surface area contributed by atoms with Crippen LogP contribution in [0.25, 0.3) is 10.2 Å². The number of fused-ring (bicyclic) bond motifs is 1. The van der Waals surface area contributed by atoms with Crippen molar-refractivity contribution < 1.29 is 4.79 Å². The van der Waals surface area contributed by atoms with Crippen LogP contribution in [-0.2, 0) is 0 Å². The van der Waals surface area contributed by atoms with E-state index in [4.69, 9.17) is 16.6 Å². The molecule has 7 heteroatoms. The molecule has 2 amide bonds. The summed E-state index contributed by atoms with van der Waals surface area (Å²) >= 11 is 7.84. The van der Waals surface area contributed by atoms with E-state index in [1.807, 2.05) is 23.1 Å². The molecule has 1 N–H and O–H groups in total. The summed E-state index contributed by atoms with van der Waals surface area (Å²) in [4.78, 5) is 21.4. The number of carbonyl (C=O) groups excluding carboxylic acids is 1. The number of aromatic nitrogens is 1. The van der Waals surface area contributed by atoms with Crippen LogP contribution in [0.2, 0.25) is 5.02 Å². The number of anilines is 2. The van der Waals surface area contributed by atoms with Crippen molar-refractivity contribution in [1.29, 1.82) is 0 Å². The van der Waals surface area contributed by atoms with Gasteiger partial charge in [0.15, 0.2) is 5.13 Å². The molecule has 1 saturated heterocycles. The Bertz CT molecular complexity index is 995. The van der Waals surface area contributed by atoms with Gasteiger partial charge in [-0.05, 0) is 43.2 Å². The number of nitrogens with one attached hydrogen (secondary N) is 1. The molecule has 1 aromatic heterocycles. The average molecular weight is 401 g/mol. The second kappa shape index (κ2) is 7.37. The predicted octanol–water partition coefficient (Wildman–Crippen LogP) is 4.92. The first-order chi connectivity index (χ1) is 13.0. The van der Waals surface area contributed by atoms with Gasteiger partial charge in [-0.25, -0.2) is 9.78 Å². The maximum atomic E-state index is 12.5. The summed E-state index contributed by atoms with van der Waals surface area (Å²) in [6, 6.07) is 11.5. The maximum Gasteiger partial charge on any atom is 0.322 e. The normalized spacial score (nSPS) is 14.6. The fourth-order valence-corrected chi connectivity index (χ4v) is 4.47. The number of piperazine rings is 1. The molecule has 0 aliphatic carbocycles. The topological polar surface area (TPSA) is 48.5 Å². The highest BCUT2D eigenvalue weighted by Crippen LogP contribution is 2.32. The van der Waals surface area contributed by atoms with Gasteiger partial charge in [-0.1, -0.05) is 41.1 Å². The molecule has 0 radical (unpaired) electrons. The Morgan fingerprint density at radius 1 is 1.11 bits per heavy atom. The standard InChI is InChI=1S/C20H21ClN4OS/c1-13-7-8-17-18(14(13)2)23-20(27-17)25-11-9-24(10-12-25)19(26)22-16-6-4-3-5-15(16)21/h3-8H,9-12H2,1-2H3,(H,22,26). The van der Waals surface area contributed by atoms with Gasteiger partial charge in [0.05, 0.1) is 20.9 Å². The second-order valence-corrected chi connectivity index (χ2v) is 8.15. The van der Waals surface area contributed by atoms with Gasteiger partial charge in [0.25, 0.3) is 0 Å². The molecule has 4 rings (SSSR count). The third-order valence-electron chi connectivity index (χ3n) is 5.03. The first-order valence-electron chi connectivity index (χ1n) is 8.95. The maximum absolute atomic E-state index is 12.5. The number of urea groups is 1. The van der Waals surface area contributed by atoms with E-state index in [1.54, 1.807) is 17.4 Å². The molecule has 1 fully saturated rings. The molecule has 2 aromatic carbocycles. The van der Waals surface area contributed by atoms with Gasteiger partial charge >= 0.3 is 6.03 Å². The largest absolute Gasteiger partial charge is 0.345 e. The minimum Gasteiger partial charge on any atom is -0.345 e. The Morgan fingerprint density at radius 3 is 2.59 bits per heavy atom. The SMILES string of the molecule is Cc1ccc2sc(N3CCN(C(=O)Nc4ccccc4Cl)CC3)nc2c1C. The minimum atomic E-state index is -0.112. The molecule has 0 unspecified atom stereocenters. The van der Waals surface area contributed by atoms with E-state index in [1.165, 1.54) is 15.8 Å². The summed E-state index contributed by atoms with van der Waals surface area (Å²) < 4.78 is 1.21. The number of thiazole rings is 1. The highest BCUT2D eigenvalue weighted by molar-refractivity contribution is 7.22. The van der Waals surface area contributed by atoms with Crippen LogP contribution >= 0.6 is 22.9 Å². The summed E-state index contributed by atoms with van der Waals surface area (Å²) in [5.74, 6) is 0. The van der Waals surface area contributed by atoms with Gasteiger partial charge in [0.1, 0.15) is 0 Å². The summed E-state index contributed by atoms with van der Waals surface area (Å²) in [6.07, 6.45) is 0. The van der Waals surface area contributed by atoms with Crippen LogP contribution in [0.1, 0.15) is 11.1 Å². The van der Waals surface area contributed by atoms with Crippen LogP contribution in [0.4, 0.5) is 15.6 Å². The molecule has 0 bridgehead atoms. The molecule has 0 atom stereocenters. The highest BCUT2D eigenvalue weighted by Gasteiger charge is 2.23. The van der Waals surface area contributed by atoms with E-state index >= 15 is 0 Å². The van der Waals surface area contributed by atoms with Crippen LogP contribution in [0.5, 0.6) is 0 Å². The van der Waals surface area contributed by atoms with Crippen molar-refractivity contribution >= 4 is 50.0 Å². The Labute approximate surface area is 167 Å². The number of rotatable bonds is 2. The number of halogens is 1. The molecule has 0 spiro atoms. The number of para-hydroxylation sites is 1. The van der Waals surface area contributed by atoms with Crippen molar-refractivity contribution in [2.24, 2.45) is 0 Å². The molecule has 27 heavy (non-hydrogen) atoms. The number of carbonyl (C=O) groups is 1. The van der Waals surface area contributed by atoms with Crippen molar-refractivity contribution in [3.8, 4) is 0 Å². The Kier molecular flexibility index (Phi) is 4.93. The molecule has 1 aliphatic rings. The quantitative estimate of drug-likeness (QED) is 0.664. The van der Waals surface area contributed by atoms with Gasteiger partial charge in [-0.3, -0.25) is 0 Å². The first kappa shape index (κ1) is 18.1. The first-order valence-corrected chi connectivity index (χ1v) is 10.1. The molecular weight excluding hydrogens is 380 g/mol. The number of hydrogen-bond donors (Lipinski definition) is 1. The minimum absolute atomic E-state index is 0.112. The van der Waals surface area contributed by atoms with E-state index in [-0.39, 0.29) is 6.03 Å². The summed E-state index contributed by atoms with van der Waals surface area (Å²) in [6.45, 7) is 7.10. The lowest BCUT2D eigenvalue weighted by Gasteiger charge is -2.34. The van der Waals surface area contributed by atoms with Gasteiger partial charge in [-0.2, -0.15) is 0 Å². The number of nitrogens with zero attached hydrogens (tertiary/aromatic N) is 3. The Morgan fingerprint density at radius 2 is 1.85 bits per heavy atom. The van der Waals surface area contributed by atoms with Crippen LogP contribution in [0.3, 0.4) is 0 Å². The number of amides is 2. The monoisotopic (exact) mass is 400 g/mol. The third-order valence-corrected chi connectivity index (χ3v) is 6.44. The summed E-state index contributed by atoms with van der Waals surface area (Å²) in [5.41, 5.74) is 4.24. The lowest BCUT2D eigenvalue weighted by atomic mass is 10.1. The van der Waals surface area contributed by atoms with Crippen LogP contribution in [0, 0.1) is 13.8 Å². The zero-order valence-electron chi connectivity index (χ0n) is 15.3. The van der Waals surface area contributed by atoms with Crippen molar-refractivity contribution in [2.75, 3.05) is 36.4 Å². The number of hydrogen-bond acceptors (Lipinski definition) is 4. The summed E-state index contributed by atoms with van der Waals surface area (Å²) in [7, 11) is 0. The Balaban J connectivity index is 1.42. The third kappa shape index (κ3) is 3.59. The van der Waals surface area contributed by atoms with Crippen molar-refractivity contribution in [1.82, 2.24) is 9.88 Å². The van der Waals surface area contributed by atoms with Gasteiger partial charge < -0.3 is 15.1 Å². The van der Waals surface area contributed by atoms with Crippen molar-refractivity contribution in [3.05, 3.63) is 52.5 Å². The van der Waals surface area contributed by atoms with E-state index in [9.17, 15) is 4.79 Å². The van der Waals surface area contributed by atoms with E-state index in [2.05, 4.69) is 36.2 Å². The lowest BCUT2D eigenvalue weighted by Crippen LogP contribution is -2.50. The highest BCUT2D eigenvalue weighted by atomic mass is 35.5. The smallest absolute Gasteiger partial charge is 0.322 e. The summed E-state index contributed by atoms with van der Waals surface area (Å²) in [5, 5.41) is 4.47. The Hall–Kier alpha value is -2.31. The molecular formula is C20H21ClN4OS. The number of aryl methyl sites for hydroxylation is 2. The zero-order valence-corrected chi connectivity index (χ0v) is 16.9. The van der Waals surface area contributed by atoms with E-state index in [0.29, 0.717) is 23.8 Å². The molecule has 0 saturated carbocycles. The molecule has 5 nitrogen and oxygen atoms in total. The van der Waals surface area contributed by atoms with Crippen molar-refractivity contribution in [2.45, 2.75) is 13.8 Å². The van der Waals surface area contributed by atoms with Crippen LogP contribution < -0.4 is 10.2 Å². The van der Waals surface area contributed by atoms with Crippen LogP contribution in [-0.4, -0.2) is 42.1 Å². The molecule has 140 valence electrons. The van der Waals surface area contributed by atoms with Crippen LogP contribution in [0.15, 0.2) is 36.4 Å².